The molecule has 3 rings (SSSR count). The highest BCUT2D eigenvalue weighted by molar-refractivity contribution is 5.78. The molecule has 0 amide bonds. The van der Waals surface area contributed by atoms with E-state index < -0.39 is 0 Å². The monoisotopic (exact) mass is 235 g/mol. The van der Waals surface area contributed by atoms with Crippen molar-refractivity contribution in [3.05, 3.63) is 64.0 Å². The number of rotatable bonds is 1. The van der Waals surface area contributed by atoms with Crippen LogP contribution < -0.4 is 4.74 Å². The zero-order valence-corrected chi connectivity index (χ0v) is 9.45. The van der Waals surface area contributed by atoms with E-state index in [1.165, 1.54) is 0 Å². The summed E-state index contributed by atoms with van der Waals surface area (Å²) in [5.74, 6) is 1.49. The van der Waals surface area contributed by atoms with Gasteiger partial charge in [0.2, 0.25) is 0 Å². The van der Waals surface area contributed by atoms with Crippen LogP contribution in [0.3, 0.4) is 0 Å². The molecule has 1 heterocycles. The average Bonchev–Trinajstić information content (AvgIpc) is 2.57. The third-order valence-corrected chi connectivity index (χ3v) is 2.74. The van der Waals surface area contributed by atoms with Crippen molar-refractivity contribution >= 4 is 17.8 Å². The van der Waals surface area contributed by atoms with Gasteiger partial charge in [0.25, 0.3) is 0 Å². The van der Waals surface area contributed by atoms with Crippen molar-refractivity contribution < 1.29 is 4.74 Å². The van der Waals surface area contributed by atoms with Gasteiger partial charge in [-0.3, -0.25) is 0 Å². The minimum atomic E-state index is 0.545. The Labute approximate surface area is 104 Å². The number of benzene rings is 2. The molecule has 2 aromatic carbocycles. The highest BCUT2D eigenvalue weighted by Gasteiger charge is 2.10. The lowest BCUT2D eigenvalue weighted by Crippen LogP contribution is -1.86. The molecule has 0 N–H and O–H groups in total. The van der Waals surface area contributed by atoms with Crippen LogP contribution >= 0.6 is 0 Å². The Kier molecular flexibility index (Phi) is 2.48. The van der Waals surface area contributed by atoms with E-state index in [-0.39, 0.29) is 0 Å². The zero-order valence-electron chi connectivity index (χ0n) is 9.45. The molecule has 0 atom stereocenters. The van der Waals surface area contributed by atoms with E-state index in [1.54, 1.807) is 12.1 Å². The van der Waals surface area contributed by atoms with Crippen LogP contribution in [0.4, 0.5) is 5.69 Å². The Hall–Kier alpha value is -2.71. The second-order valence-corrected chi connectivity index (χ2v) is 3.88. The molecule has 0 saturated carbocycles. The summed E-state index contributed by atoms with van der Waals surface area (Å²) in [6.07, 6.45) is 4.00. The first-order chi connectivity index (χ1) is 8.86. The number of hydrogen-bond acceptors (Lipinski definition) is 2. The van der Waals surface area contributed by atoms with Gasteiger partial charge < -0.3 is 4.74 Å². The van der Waals surface area contributed by atoms with Crippen LogP contribution in [0, 0.1) is 0 Å². The van der Waals surface area contributed by atoms with Gasteiger partial charge in [0.1, 0.15) is 11.5 Å². The predicted octanol–water partition coefficient (Wildman–Crippen LogP) is 4.90. The van der Waals surface area contributed by atoms with E-state index in [4.69, 9.17) is 10.3 Å². The van der Waals surface area contributed by atoms with E-state index in [0.29, 0.717) is 11.4 Å². The molecule has 0 spiro atoms. The van der Waals surface area contributed by atoms with Crippen LogP contribution in [-0.4, -0.2) is 0 Å². The van der Waals surface area contributed by atoms with Crippen LogP contribution in [0.2, 0.25) is 0 Å². The van der Waals surface area contributed by atoms with E-state index in [0.717, 1.165) is 16.9 Å². The number of ether oxygens (including phenoxy) is 1. The molecule has 86 valence electrons. The summed E-state index contributed by atoms with van der Waals surface area (Å²) >= 11 is 0. The lowest BCUT2D eigenvalue weighted by molar-refractivity contribution is 0.481. The van der Waals surface area contributed by atoms with E-state index in [2.05, 4.69) is 10.0 Å². The first-order valence-electron chi connectivity index (χ1n) is 5.51. The van der Waals surface area contributed by atoms with Crippen LogP contribution in [0.15, 0.2) is 47.6 Å². The molecule has 2 aromatic rings. The quantitative estimate of drug-likeness (QED) is 0.336. The maximum absolute atomic E-state index is 8.44. The van der Waals surface area contributed by atoms with Crippen molar-refractivity contribution in [3.63, 3.8) is 0 Å². The summed E-state index contributed by atoms with van der Waals surface area (Å²) < 4.78 is 5.84. The summed E-state index contributed by atoms with van der Waals surface area (Å²) in [7, 11) is 0. The van der Waals surface area contributed by atoms with Crippen molar-refractivity contribution in [2.75, 3.05) is 0 Å². The molecule has 1 aliphatic heterocycles. The maximum Gasteiger partial charge on any atom is 0.135 e. The Morgan fingerprint density at radius 1 is 0.944 bits per heavy atom. The fourth-order valence-electron chi connectivity index (χ4n) is 1.87. The summed E-state index contributed by atoms with van der Waals surface area (Å²) in [6, 6.07) is 13.2. The fourth-order valence-corrected chi connectivity index (χ4v) is 1.87. The molecule has 4 heteroatoms. The standard InChI is InChI=1S/C14H9N3O/c15-17-16-12-8-7-11-6-5-10-3-1-2-4-13(10)18-14(11)9-12/h1-9H. The summed E-state index contributed by atoms with van der Waals surface area (Å²) in [4.78, 5) is 2.77. The Bertz CT molecular complexity index is 685. The molecular formula is C14H9N3O. The molecule has 4 nitrogen and oxygen atoms in total. The van der Waals surface area contributed by atoms with Crippen molar-refractivity contribution in [2.24, 2.45) is 5.11 Å². The summed E-state index contributed by atoms with van der Waals surface area (Å²) in [5.41, 5.74) is 11.0. The van der Waals surface area contributed by atoms with Gasteiger partial charge in [-0.15, -0.1) is 0 Å². The molecule has 0 saturated heterocycles. The molecule has 0 radical (unpaired) electrons. The lowest BCUT2D eigenvalue weighted by Gasteiger charge is -2.08. The first kappa shape index (κ1) is 10.4. The fraction of sp³-hybridized carbons (Fsp3) is 0. The maximum atomic E-state index is 8.44. The van der Waals surface area contributed by atoms with Gasteiger partial charge in [-0.1, -0.05) is 47.6 Å². The largest absolute Gasteiger partial charge is 0.456 e. The van der Waals surface area contributed by atoms with E-state index in [1.807, 2.05) is 42.5 Å². The van der Waals surface area contributed by atoms with Gasteiger partial charge in [0.05, 0.1) is 0 Å². The van der Waals surface area contributed by atoms with Crippen molar-refractivity contribution in [3.8, 4) is 11.5 Å². The molecule has 0 fully saturated rings. The smallest absolute Gasteiger partial charge is 0.135 e. The zero-order chi connectivity index (χ0) is 12.4. The van der Waals surface area contributed by atoms with Crippen LogP contribution in [0.5, 0.6) is 11.5 Å². The topological polar surface area (TPSA) is 58.0 Å². The molecule has 0 aromatic heterocycles. The average molecular weight is 235 g/mol. The van der Waals surface area contributed by atoms with Gasteiger partial charge in [-0.05, 0) is 17.7 Å². The third kappa shape index (κ3) is 1.81. The summed E-state index contributed by atoms with van der Waals surface area (Å²) in [5, 5.41) is 3.58. The molecule has 1 aliphatic rings. The number of hydrogen-bond donors (Lipinski definition) is 0. The Morgan fingerprint density at radius 2 is 1.72 bits per heavy atom. The highest BCUT2D eigenvalue weighted by Crippen LogP contribution is 2.35. The second-order valence-electron chi connectivity index (χ2n) is 3.88. The molecule has 0 unspecified atom stereocenters. The summed E-state index contributed by atoms with van der Waals surface area (Å²) in [6.45, 7) is 0. The number of para-hydroxylation sites is 1. The van der Waals surface area contributed by atoms with Crippen molar-refractivity contribution in [1.29, 1.82) is 0 Å². The SMILES string of the molecule is [N-]=[N+]=Nc1ccc2c(c1)Oc1ccccc1C=C2. The lowest BCUT2D eigenvalue weighted by atomic mass is 10.1. The van der Waals surface area contributed by atoms with Crippen molar-refractivity contribution in [1.82, 2.24) is 0 Å². The van der Waals surface area contributed by atoms with Crippen LogP contribution in [-0.2, 0) is 0 Å². The molecular weight excluding hydrogens is 226 g/mol. The Morgan fingerprint density at radius 3 is 2.56 bits per heavy atom. The second kappa shape index (κ2) is 4.28. The Balaban J connectivity index is 2.12. The minimum absolute atomic E-state index is 0.545. The van der Waals surface area contributed by atoms with E-state index in [9.17, 15) is 0 Å². The molecule has 18 heavy (non-hydrogen) atoms. The number of nitrogens with zero attached hydrogens (tertiary/aromatic N) is 3. The van der Waals surface area contributed by atoms with Gasteiger partial charge in [-0.25, -0.2) is 0 Å². The number of azide groups is 1. The number of fused-ring (bicyclic) bond motifs is 2. The van der Waals surface area contributed by atoms with Crippen LogP contribution in [0.25, 0.3) is 22.6 Å². The van der Waals surface area contributed by atoms with Gasteiger partial charge in [0, 0.05) is 21.7 Å². The normalized spacial score (nSPS) is 11.6. The van der Waals surface area contributed by atoms with Crippen LogP contribution in [0.1, 0.15) is 11.1 Å². The van der Waals surface area contributed by atoms with Gasteiger partial charge in [0.15, 0.2) is 0 Å². The minimum Gasteiger partial charge on any atom is -0.456 e. The molecule has 0 bridgehead atoms. The van der Waals surface area contributed by atoms with Gasteiger partial charge in [-0.2, -0.15) is 0 Å². The van der Waals surface area contributed by atoms with E-state index >= 15 is 0 Å². The molecule has 0 aliphatic carbocycles. The van der Waals surface area contributed by atoms with Crippen molar-refractivity contribution in [2.45, 2.75) is 0 Å². The first-order valence-corrected chi connectivity index (χ1v) is 5.51. The highest BCUT2D eigenvalue weighted by atomic mass is 16.5. The predicted molar refractivity (Wildman–Crippen MR) is 70.7 cm³/mol. The van der Waals surface area contributed by atoms with Gasteiger partial charge >= 0.3 is 0 Å². The third-order valence-electron chi connectivity index (χ3n) is 2.74.